The smallest absolute Gasteiger partial charge is 0.262 e. The molecule has 0 bridgehead atoms. The van der Waals surface area contributed by atoms with Gasteiger partial charge in [-0.3, -0.25) is 4.79 Å². The Hall–Kier alpha value is -2.16. The molecule has 0 aliphatic rings. The molecular weight excluding hydrogens is 371 g/mol. The maximum absolute atomic E-state index is 13.0. The van der Waals surface area contributed by atoms with Gasteiger partial charge in [0.05, 0.1) is 9.92 Å². The van der Waals surface area contributed by atoms with E-state index in [9.17, 15) is 17.6 Å². The van der Waals surface area contributed by atoms with Gasteiger partial charge >= 0.3 is 0 Å². The third-order valence-electron chi connectivity index (χ3n) is 3.28. The van der Waals surface area contributed by atoms with Gasteiger partial charge < -0.3 is 10.1 Å². The highest BCUT2D eigenvalue weighted by Crippen LogP contribution is 2.25. The summed E-state index contributed by atoms with van der Waals surface area (Å²) in [6.07, 6.45) is 0. The zero-order chi connectivity index (χ0) is 18.6. The second-order valence-electron chi connectivity index (χ2n) is 5.10. The lowest BCUT2D eigenvalue weighted by Crippen LogP contribution is -2.22. The number of rotatable bonds is 6. The van der Waals surface area contributed by atoms with Gasteiger partial charge in [-0.25, -0.2) is 17.5 Å². The summed E-state index contributed by atoms with van der Waals surface area (Å²) >= 11 is 5.81. The molecule has 0 unspecified atom stereocenters. The van der Waals surface area contributed by atoms with Gasteiger partial charge in [0, 0.05) is 5.69 Å². The zero-order valence-corrected chi connectivity index (χ0v) is 15.0. The number of hydrogen-bond acceptors (Lipinski definition) is 4. The largest absolute Gasteiger partial charge is 0.482 e. The number of hydrogen-bond donors (Lipinski definition) is 2. The van der Waals surface area contributed by atoms with Gasteiger partial charge in [0.2, 0.25) is 10.0 Å². The van der Waals surface area contributed by atoms with E-state index in [4.69, 9.17) is 16.3 Å². The van der Waals surface area contributed by atoms with Gasteiger partial charge in [0.15, 0.2) is 6.61 Å². The number of benzene rings is 2. The SMILES string of the molecule is CNS(=O)(=O)c1cc(NC(=O)COc2ccc(F)cc2Cl)ccc1C. The molecular formula is C16H16ClFN2O4S. The van der Waals surface area contributed by atoms with Crippen LogP contribution in [0.5, 0.6) is 5.75 Å². The standard InChI is InChI=1S/C16H16ClFN2O4S/c1-10-3-5-12(8-15(10)25(22,23)19-2)20-16(21)9-24-14-6-4-11(18)7-13(14)17/h3-8,19H,9H2,1-2H3,(H,20,21). The Morgan fingerprint density at radius 1 is 1.24 bits per heavy atom. The monoisotopic (exact) mass is 386 g/mol. The molecule has 0 spiro atoms. The Labute approximate surface area is 150 Å². The first kappa shape index (κ1) is 19.2. The Morgan fingerprint density at radius 2 is 1.96 bits per heavy atom. The minimum atomic E-state index is -3.64. The number of aryl methyl sites for hydroxylation is 1. The van der Waals surface area contributed by atoms with E-state index < -0.39 is 21.7 Å². The number of anilines is 1. The van der Waals surface area contributed by atoms with Crippen molar-refractivity contribution in [1.29, 1.82) is 0 Å². The molecule has 9 heteroatoms. The van der Waals surface area contributed by atoms with E-state index in [-0.39, 0.29) is 22.3 Å². The van der Waals surface area contributed by atoms with Crippen LogP contribution in [-0.4, -0.2) is 28.0 Å². The van der Waals surface area contributed by atoms with Crippen LogP contribution in [0.2, 0.25) is 5.02 Å². The lowest BCUT2D eigenvalue weighted by molar-refractivity contribution is -0.118. The van der Waals surface area contributed by atoms with E-state index in [2.05, 4.69) is 10.0 Å². The maximum Gasteiger partial charge on any atom is 0.262 e. The molecule has 134 valence electrons. The summed E-state index contributed by atoms with van der Waals surface area (Å²) in [5.74, 6) is -0.864. The summed E-state index contributed by atoms with van der Waals surface area (Å²) in [6.45, 7) is 1.28. The van der Waals surface area contributed by atoms with Crippen molar-refractivity contribution in [3.63, 3.8) is 0 Å². The quantitative estimate of drug-likeness (QED) is 0.799. The van der Waals surface area contributed by atoms with Gasteiger partial charge in [0.25, 0.3) is 5.91 Å². The number of carbonyl (C=O) groups excluding carboxylic acids is 1. The summed E-state index contributed by atoms with van der Waals surface area (Å²) in [5.41, 5.74) is 0.847. The Morgan fingerprint density at radius 3 is 2.60 bits per heavy atom. The first-order valence-corrected chi connectivity index (χ1v) is 9.01. The zero-order valence-electron chi connectivity index (χ0n) is 13.5. The number of carbonyl (C=O) groups is 1. The summed E-state index contributed by atoms with van der Waals surface area (Å²) < 4.78 is 44.3. The molecule has 0 aliphatic heterocycles. The summed E-state index contributed by atoms with van der Waals surface area (Å²) in [7, 11) is -2.33. The number of nitrogens with one attached hydrogen (secondary N) is 2. The van der Waals surface area contributed by atoms with E-state index in [1.807, 2.05) is 0 Å². The molecule has 2 aromatic carbocycles. The van der Waals surface area contributed by atoms with Gasteiger partial charge in [-0.2, -0.15) is 0 Å². The van der Waals surface area contributed by atoms with Crippen LogP contribution in [0.1, 0.15) is 5.56 Å². The fourth-order valence-corrected chi connectivity index (χ4v) is 3.23. The Bertz CT molecular complexity index is 903. The van der Waals surface area contributed by atoms with Crippen LogP contribution in [0.4, 0.5) is 10.1 Å². The summed E-state index contributed by atoms with van der Waals surface area (Å²) in [5, 5.41) is 2.58. The van der Waals surface area contributed by atoms with Crippen molar-refractivity contribution in [2.75, 3.05) is 19.0 Å². The van der Waals surface area contributed by atoms with Crippen LogP contribution in [-0.2, 0) is 14.8 Å². The van der Waals surface area contributed by atoms with Crippen LogP contribution in [0.3, 0.4) is 0 Å². The highest BCUT2D eigenvalue weighted by molar-refractivity contribution is 7.89. The fraction of sp³-hybridized carbons (Fsp3) is 0.188. The third kappa shape index (κ3) is 4.91. The minimum Gasteiger partial charge on any atom is -0.482 e. The van der Waals surface area contributed by atoms with Crippen molar-refractivity contribution in [1.82, 2.24) is 4.72 Å². The van der Waals surface area contributed by atoms with Crippen molar-refractivity contribution in [2.45, 2.75) is 11.8 Å². The van der Waals surface area contributed by atoms with Gasteiger partial charge in [-0.1, -0.05) is 17.7 Å². The van der Waals surface area contributed by atoms with E-state index in [0.717, 1.165) is 12.1 Å². The van der Waals surface area contributed by atoms with Crippen molar-refractivity contribution >= 4 is 33.2 Å². The fourth-order valence-electron chi connectivity index (χ4n) is 2.01. The molecule has 2 rings (SSSR count). The number of ether oxygens (including phenoxy) is 1. The second-order valence-corrected chi connectivity index (χ2v) is 7.36. The number of halogens is 2. The molecule has 0 fully saturated rings. The molecule has 25 heavy (non-hydrogen) atoms. The van der Waals surface area contributed by atoms with Crippen molar-refractivity contribution in [2.24, 2.45) is 0 Å². The normalized spacial score (nSPS) is 11.2. The highest BCUT2D eigenvalue weighted by atomic mass is 35.5. The molecule has 0 aliphatic carbocycles. The molecule has 0 atom stereocenters. The predicted octanol–water partition coefficient (Wildman–Crippen LogP) is 2.71. The molecule has 6 nitrogen and oxygen atoms in total. The molecule has 0 aromatic heterocycles. The lowest BCUT2D eigenvalue weighted by Gasteiger charge is -2.11. The van der Waals surface area contributed by atoms with Gasteiger partial charge in [0.1, 0.15) is 11.6 Å². The van der Waals surface area contributed by atoms with Crippen molar-refractivity contribution < 1.29 is 22.3 Å². The van der Waals surface area contributed by atoms with Crippen molar-refractivity contribution in [3.05, 3.63) is 52.8 Å². The van der Waals surface area contributed by atoms with Crippen molar-refractivity contribution in [3.8, 4) is 5.75 Å². The highest BCUT2D eigenvalue weighted by Gasteiger charge is 2.16. The second kappa shape index (κ2) is 7.81. The average molecular weight is 387 g/mol. The van der Waals surface area contributed by atoms with Crippen LogP contribution in [0.15, 0.2) is 41.3 Å². The molecule has 2 aromatic rings. The molecule has 0 heterocycles. The first-order chi connectivity index (χ1) is 11.7. The molecule has 0 saturated carbocycles. The topological polar surface area (TPSA) is 84.5 Å². The third-order valence-corrected chi connectivity index (χ3v) is 5.13. The predicted molar refractivity (Wildman–Crippen MR) is 93.0 cm³/mol. The minimum absolute atomic E-state index is 0.0468. The molecule has 1 amide bonds. The van der Waals surface area contributed by atoms with Gasteiger partial charge in [-0.15, -0.1) is 0 Å². The van der Waals surface area contributed by atoms with E-state index in [1.165, 1.54) is 19.2 Å². The van der Waals surface area contributed by atoms with E-state index >= 15 is 0 Å². The van der Waals surface area contributed by atoms with Crippen LogP contribution < -0.4 is 14.8 Å². The Balaban J connectivity index is 2.07. The van der Waals surface area contributed by atoms with Gasteiger partial charge in [-0.05, 0) is 49.9 Å². The van der Waals surface area contributed by atoms with E-state index in [0.29, 0.717) is 11.3 Å². The maximum atomic E-state index is 13.0. The number of amides is 1. The van der Waals surface area contributed by atoms with Crippen LogP contribution in [0.25, 0.3) is 0 Å². The summed E-state index contributed by atoms with van der Waals surface area (Å²) in [6, 6.07) is 8.06. The lowest BCUT2D eigenvalue weighted by atomic mass is 10.2. The van der Waals surface area contributed by atoms with Crippen LogP contribution in [0, 0.1) is 12.7 Å². The number of sulfonamides is 1. The molecule has 0 radical (unpaired) electrons. The molecule has 0 saturated heterocycles. The van der Waals surface area contributed by atoms with Crippen LogP contribution >= 0.6 is 11.6 Å². The average Bonchev–Trinajstić information content (AvgIpc) is 2.55. The molecule has 2 N–H and O–H groups in total. The summed E-state index contributed by atoms with van der Waals surface area (Å²) in [4.78, 5) is 12.0. The first-order valence-electron chi connectivity index (χ1n) is 7.15. The van der Waals surface area contributed by atoms with E-state index in [1.54, 1.807) is 19.1 Å². The Kier molecular flexibility index (Phi) is 5.99.